The van der Waals surface area contributed by atoms with E-state index in [9.17, 15) is 0 Å². The molecule has 0 aliphatic carbocycles. The third-order valence-corrected chi connectivity index (χ3v) is 5.33. The van der Waals surface area contributed by atoms with Gasteiger partial charge in [0, 0.05) is 33.6 Å². The van der Waals surface area contributed by atoms with Gasteiger partial charge in [0.05, 0.1) is 0 Å². The molecule has 0 amide bonds. The first-order valence-corrected chi connectivity index (χ1v) is 8.21. The lowest BCUT2D eigenvalue weighted by Gasteiger charge is -2.00. The minimum Gasteiger partial charge on any atom is -0.311 e. The molecule has 7 heteroatoms. The van der Waals surface area contributed by atoms with Crippen molar-refractivity contribution in [2.75, 3.05) is 12.3 Å². The summed E-state index contributed by atoms with van der Waals surface area (Å²) in [7, 11) is 0. The average Bonchev–Trinajstić information content (AvgIpc) is 2.89. The fourth-order valence-corrected chi connectivity index (χ4v) is 3.97. The Bertz CT molecular complexity index is 415. The molecule has 0 spiro atoms. The predicted molar refractivity (Wildman–Crippen MR) is 74.4 cm³/mol. The number of thioether (sulfide) groups is 1. The molecule has 2 rings (SSSR count). The Hall–Kier alpha value is 0.0500. The van der Waals surface area contributed by atoms with Gasteiger partial charge in [-0.3, -0.25) is 0 Å². The van der Waals surface area contributed by atoms with E-state index in [2.05, 4.69) is 42.9 Å². The highest BCUT2D eigenvalue weighted by Gasteiger charge is 1.98. The van der Waals surface area contributed by atoms with Gasteiger partial charge in [0.15, 0.2) is 4.34 Å². The Labute approximate surface area is 115 Å². The first kappa shape index (κ1) is 12.5. The highest BCUT2D eigenvalue weighted by molar-refractivity contribution is 9.10. The molecule has 2 aromatic heterocycles. The Kier molecular flexibility index (Phi) is 5.24. The van der Waals surface area contributed by atoms with Crippen molar-refractivity contribution in [2.45, 2.75) is 10.9 Å². The van der Waals surface area contributed by atoms with Crippen LogP contribution >= 0.6 is 50.4 Å². The number of aromatic nitrogens is 2. The monoisotopic (exact) mass is 335 g/mol. The van der Waals surface area contributed by atoms with E-state index in [-0.39, 0.29) is 0 Å². The maximum Gasteiger partial charge on any atom is 0.174 e. The van der Waals surface area contributed by atoms with Crippen LogP contribution in [0.5, 0.6) is 0 Å². The van der Waals surface area contributed by atoms with Gasteiger partial charge in [-0.2, -0.15) is 0 Å². The molecule has 3 nitrogen and oxygen atoms in total. The molecule has 2 heterocycles. The van der Waals surface area contributed by atoms with Crippen molar-refractivity contribution in [1.82, 2.24) is 15.5 Å². The molecule has 0 aromatic carbocycles. The van der Waals surface area contributed by atoms with Crippen LogP contribution in [-0.4, -0.2) is 22.5 Å². The third-order valence-electron chi connectivity index (χ3n) is 1.77. The largest absolute Gasteiger partial charge is 0.311 e. The zero-order valence-corrected chi connectivity index (χ0v) is 12.4. The number of halogens is 1. The van der Waals surface area contributed by atoms with Gasteiger partial charge in [-0.05, 0) is 22.0 Å². The lowest BCUT2D eigenvalue weighted by atomic mass is 10.4. The second-order valence-electron chi connectivity index (χ2n) is 2.96. The second kappa shape index (κ2) is 6.70. The highest BCUT2D eigenvalue weighted by Crippen LogP contribution is 2.20. The van der Waals surface area contributed by atoms with E-state index in [1.165, 1.54) is 4.88 Å². The Balaban J connectivity index is 1.59. The molecule has 0 fully saturated rings. The molecule has 2 aromatic rings. The van der Waals surface area contributed by atoms with Crippen molar-refractivity contribution in [2.24, 2.45) is 0 Å². The maximum absolute atomic E-state index is 3.97. The highest BCUT2D eigenvalue weighted by atomic mass is 79.9. The number of hydrogen-bond acceptors (Lipinski definition) is 6. The first-order chi connectivity index (χ1) is 7.84. The number of hydrogen-bond donors (Lipinski definition) is 1. The van der Waals surface area contributed by atoms with Crippen molar-refractivity contribution < 1.29 is 0 Å². The summed E-state index contributed by atoms with van der Waals surface area (Å²) in [4.78, 5) is 1.35. The molecule has 1 N–H and O–H groups in total. The van der Waals surface area contributed by atoms with Crippen LogP contribution in [0.15, 0.2) is 25.8 Å². The first-order valence-electron chi connectivity index (χ1n) is 4.67. The summed E-state index contributed by atoms with van der Waals surface area (Å²) in [5, 5.41) is 13.3. The van der Waals surface area contributed by atoms with Gasteiger partial charge in [0.25, 0.3) is 0 Å². The van der Waals surface area contributed by atoms with Crippen molar-refractivity contribution in [3.8, 4) is 0 Å². The average molecular weight is 336 g/mol. The van der Waals surface area contributed by atoms with Crippen LogP contribution in [0.25, 0.3) is 0 Å². The smallest absolute Gasteiger partial charge is 0.174 e. The van der Waals surface area contributed by atoms with Gasteiger partial charge in [-0.15, -0.1) is 21.5 Å². The molecule has 0 aliphatic rings. The fourth-order valence-electron chi connectivity index (χ4n) is 1.09. The summed E-state index contributed by atoms with van der Waals surface area (Å²) in [5.41, 5.74) is 1.76. The zero-order chi connectivity index (χ0) is 11.2. The van der Waals surface area contributed by atoms with Crippen LogP contribution < -0.4 is 5.32 Å². The quantitative estimate of drug-likeness (QED) is 0.649. The summed E-state index contributed by atoms with van der Waals surface area (Å²) in [6, 6.07) is 2.15. The maximum atomic E-state index is 3.97. The van der Waals surface area contributed by atoms with Crippen LogP contribution in [0.3, 0.4) is 0 Å². The Morgan fingerprint density at radius 2 is 2.38 bits per heavy atom. The number of thiophene rings is 1. The zero-order valence-electron chi connectivity index (χ0n) is 8.35. The standard InChI is InChI=1S/C9H10BrN3S3/c10-7-3-8(15-5-7)4-11-1-2-14-9-13-12-6-16-9/h3,5-6,11H,1-2,4H2. The molecule has 0 atom stereocenters. The van der Waals surface area contributed by atoms with Gasteiger partial charge in [-0.25, -0.2) is 0 Å². The summed E-state index contributed by atoms with van der Waals surface area (Å²) in [6.07, 6.45) is 0. The van der Waals surface area contributed by atoms with Gasteiger partial charge in [0.2, 0.25) is 0 Å². The van der Waals surface area contributed by atoms with E-state index in [0.29, 0.717) is 0 Å². The number of nitrogens with one attached hydrogen (secondary N) is 1. The van der Waals surface area contributed by atoms with E-state index in [1.54, 1.807) is 39.9 Å². The molecule has 0 unspecified atom stereocenters. The van der Waals surface area contributed by atoms with Crippen molar-refractivity contribution in [1.29, 1.82) is 0 Å². The molecule has 0 bridgehead atoms. The van der Waals surface area contributed by atoms with E-state index in [0.717, 1.165) is 27.7 Å². The lowest BCUT2D eigenvalue weighted by Crippen LogP contribution is -2.15. The van der Waals surface area contributed by atoms with Gasteiger partial charge in [0.1, 0.15) is 5.51 Å². The van der Waals surface area contributed by atoms with Gasteiger partial charge >= 0.3 is 0 Å². The minimum absolute atomic E-state index is 0.937. The van der Waals surface area contributed by atoms with E-state index in [1.807, 2.05) is 0 Å². The van der Waals surface area contributed by atoms with Crippen LogP contribution in [0, 0.1) is 0 Å². The molecule has 0 aliphatic heterocycles. The molecule has 0 saturated carbocycles. The summed E-state index contributed by atoms with van der Waals surface area (Å²) in [6.45, 7) is 1.92. The Morgan fingerprint density at radius 3 is 3.06 bits per heavy atom. The van der Waals surface area contributed by atoms with Crippen LogP contribution in [0.4, 0.5) is 0 Å². The summed E-state index contributed by atoms with van der Waals surface area (Å²) in [5.74, 6) is 1.03. The van der Waals surface area contributed by atoms with Crippen molar-refractivity contribution in [3.63, 3.8) is 0 Å². The normalized spacial score (nSPS) is 10.8. The molecule has 86 valence electrons. The topological polar surface area (TPSA) is 37.8 Å². The molecule has 0 radical (unpaired) electrons. The summed E-state index contributed by atoms with van der Waals surface area (Å²) >= 11 is 8.55. The molecular weight excluding hydrogens is 326 g/mol. The Morgan fingerprint density at radius 1 is 1.44 bits per heavy atom. The molecule has 0 saturated heterocycles. The van der Waals surface area contributed by atoms with Crippen molar-refractivity contribution >= 4 is 50.4 Å². The summed E-state index contributed by atoms with van der Waals surface area (Å²) < 4.78 is 2.21. The van der Waals surface area contributed by atoms with E-state index in [4.69, 9.17) is 0 Å². The van der Waals surface area contributed by atoms with E-state index < -0.39 is 0 Å². The number of nitrogens with zero attached hydrogens (tertiary/aromatic N) is 2. The van der Waals surface area contributed by atoms with Crippen LogP contribution in [-0.2, 0) is 6.54 Å². The van der Waals surface area contributed by atoms with Crippen LogP contribution in [0.1, 0.15) is 4.88 Å². The third kappa shape index (κ3) is 4.14. The SMILES string of the molecule is Brc1csc(CNCCSc2nncs2)c1. The van der Waals surface area contributed by atoms with E-state index >= 15 is 0 Å². The lowest BCUT2D eigenvalue weighted by molar-refractivity contribution is 0.740. The van der Waals surface area contributed by atoms with Crippen molar-refractivity contribution in [3.05, 3.63) is 26.3 Å². The van der Waals surface area contributed by atoms with Crippen LogP contribution in [0.2, 0.25) is 0 Å². The van der Waals surface area contributed by atoms with Gasteiger partial charge < -0.3 is 5.32 Å². The predicted octanol–water partition coefficient (Wildman–Crippen LogP) is 3.24. The molecular formula is C9H10BrN3S3. The van der Waals surface area contributed by atoms with Gasteiger partial charge in [-0.1, -0.05) is 23.1 Å². The minimum atomic E-state index is 0.937. The molecule has 16 heavy (non-hydrogen) atoms. The fraction of sp³-hybridized carbons (Fsp3) is 0.333. The second-order valence-corrected chi connectivity index (χ2v) is 7.05. The number of rotatable bonds is 6.